The molecule has 0 bridgehead atoms. The van der Waals surface area contributed by atoms with E-state index in [0.717, 1.165) is 25.5 Å². The Hall–Kier alpha value is -0.0200. The summed E-state index contributed by atoms with van der Waals surface area (Å²) in [5, 5.41) is 2.64. The van der Waals surface area contributed by atoms with Crippen molar-refractivity contribution < 1.29 is 0 Å². The Morgan fingerprint density at radius 3 is 2.69 bits per heavy atom. The highest BCUT2D eigenvalue weighted by Crippen LogP contribution is 2.39. The first-order valence-corrected chi connectivity index (χ1v) is 7.22. The molecule has 0 aliphatic rings. The highest BCUT2D eigenvalue weighted by Gasteiger charge is 2.17. The van der Waals surface area contributed by atoms with Crippen molar-refractivity contribution in [1.82, 2.24) is 0 Å². The largest absolute Gasteiger partial charge is 0.146 e. The lowest BCUT2D eigenvalue weighted by Crippen LogP contribution is -1.95. The molecule has 2 aromatic rings. The van der Waals surface area contributed by atoms with E-state index in [9.17, 15) is 0 Å². The molecule has 0 saturated carbocycles. The van der Waals surface area contributed by atoms with Crippen molar-refractivity contribution in [2.45, 2.75) is 12.3 Å². The van der Waals surface area contributed by atoms with Gasteiger partial charge in [-0.1, -0.05) is 23.7 Å². The molecule has 84 valence electrons. The van der Waals surface area contributed by atoms with Crippen LogP contribution in [0.5, 0.6) is 0 Å². The van der Waals surface area contributed by atoms with Crippen LogP contribution in [-0.2, 0) is 0 Å². The van der Waals surface area contributed by atoms with Crippen LogP contribution in [0.3, 0.4) is 0 Å². The van der Waals surface area contributed by atoms with E-state index in [2.05, 4.69) is 15.9 Å². The Kier molecular flexibility index (Phi) is 3.96. The standard InChI is InChI=1S/C12H9BrCl2S/c1-7-8(3-2-4-10(7)14)11(15)12-9(13)5-6-16-12/h2-6,11H,1H3. The molecule has 0 aliphatic heterocycles. The summed E-state index contributed by atoms with van der Waals surface area (Å²) in [4.78, 5) is 1.12. The lowest BCUT2D eigenvalue weighted by Gasteiger charge is -2.12. The van der Waals surface area contributed by atoms with Crippen LogP contribution in [0, 0.1) is 6.92 Å². The van der Waals surface area contributed by atoms with Crippen LogP contribution in [-0.4, -0.2) is 0 Å². The predicted molar refractivity (Wildman–Crippen MR) is 75.9 cm³/mol. The fraction of sp³-hybridized carbons (Fsp3) is 0.167. The minimum absolute atomic E-state index is 0.145. The highest BCUT2D eigenvalue weighted by atomic mass is 79.9. The summed E-state index contributed by atoms with van der Waals surface area (Å²) in [5.41, 5.74) is 2.11. The molecule has 1 heterocycles. The maximum Gasteiger partial charge on any atom is 0.0942 e. The van der Waals surface area contributed by atoms with E-state index in [1.807, 2.05) is 36.6 Å². The van der Waals surface area contributed by atoms with Crippen molar-refractivity contribution in [3.05, 3.63) is 55.1 Å². The lowest BCUT2D eigenvalue weighted by molar-refractivity contribution is 1.14. The van der Waals surface area contributed by atoms with E-state index >= 15 is 0 Å². The molecule has 2 rings (SSSR count). The minimum atomic E-state index is -0.145. The molecule has 1 atom stereocenters. The van der Waals surface area contributed by atoms with Gasteiger partial charge in [-0.15, -0.1) is 22.9 Å². The summed E-state index contributed by atoms with van der Waals surface area (Å²) in [7, 11) is 0. The molecule has 0 amide bonds. The zero-order valence-electron chi connectivity index (χ0n) is 8.51. The summed E-state index contributed by atoms with van der Waals surface area (Å²) in [6, 6.07) is 7.84. The number of hydrogen-bond donors (Lipinski definition) is 0. The summed E-state index contributed by atoms with van der Waals surface area (Å²) in [6.45, 7) is 1.99. The molecule has 0 radical (unpaired) electrons. The number of benzene rings is 1. The SMILES string of the molecule is Cc1c(Cl)cccc1C(Cl)c1sccc1Br. The third-order valence-electron chi connectivity index (χ3n) is 2.46. The normalized spacial score (nSPS) is 12.8. The Morgan fingerprint density at radius 1 is 1.31 bits per heavy atom. The fourth-order valence-corrected chi connectivity index (χ4v) is 3.94. The molecular formula is C12H9BrCl2S. The number of rotatable bonds is 2. The van der Waals surface area contributed by atoms with E-state index in [4.69, 9.17) is 23.2 Å². The van der Waals surface area contributed by atoms with Crippen molar-refractivity contribution in [1.29, 1.82) is 0 Å². The van der Waals surface area contributed by atoms with Gasteiger partial charge >= 0.3 is 0 Å². The van der Waals surface area contributed by atoms with Crippen molar-refractivity contribution in [2.24, 2.45) is 0 Å². The Morgan fingerprint density at radius 2 is 2.06 bits per heavy atom. The number of halogens is 3. The van der Waals surface area contributed by atoms with Crippen molar-refractivity contribution in [3.63, 3.8) is 0 Å². The Bertz CT molecular complexity index is 507. The van der Waals surface area contributed by atoms with Gasteiger partial charge in [-0.05, 0) is 51.5 Å². The molecule has 16 heavy (non-hydrogen) atoms. The lowest BCUT2D eigenvalue weighted by atomic mass is 10.0. The second-order valence-corrected chi connectivity index (χ2v) is 6.10. The molecule has 1 unspecified atom stereocenters. The van der Waals surface area contributed by atoms with Crippen molar-refractivity contribution >= 4 is 50.5 Å². The first-order valence-electron chi connectivity index (χ1n) is 4.73. The van der Waals surface area contributed by atoms with Crippen LogP contribution >= 0.6 is 50.5 Å². The Balaban J connectivity index is 2.46. The molecule has 0 spiro atoms. The molecule has 0 aliphatic carbocycles. The molecule has 1 aromatic carbocycles. The van der Waals surface area contributed by atoms with E-state index in [1.54, 1.807) is 11.3 Å². The highest BCUT2D eigenvalue weighted by molar-refractivity contribution is 9.10. The number of alkyl halides is 1. The molecule has 0 nitrogen and oxygen atoms in total. The van der Waals surface area contributed by atoms with Crippen LogP contribution in [0.4, 0.5) is 0 Å². The monoisotopic (exact) mass is 334 g/mol. The van der Waals surface area contributed by atoms with Crippen molar-refractivity contribution in [3.8, 4) is 0 Å². The summed E-state index contributed by atoms with van der Waals surface area (Å²) < 4.78 is 1.05. The van der Waals surface area contributed by atoms with Crippen LogP contribution in [0.1, 0.15) is 21.4 Å². The maximum atomic E-state index is 6.48. The molecule has 4 heteroatoms. The van der Waals surface area contributed by atoms with Gasteiger partial charge in [-0.3, -0.25) is 0 Å². The van der Waals surface area contributed by atoms with E-state index in [0.29, 0.717) is 0 Å². The molecule has 0 saturated heterocycles. The number of hydrogen-bond acceptors (Lipinski definition) is 1. The third-order valence-corrected chi connectivity index (χ3v) is 5.39. The summed E-state index contributed by atoms with van der Waals surface area (Å²) in [5.74, 6) is 0. The topological polar surface area (TPSA) is 0 Å². The molecule has 1 aromatic heterocycles. The van der Waals surface area contributed by atoms with Gasteiger partial charge in [0.2, 0.25) is 0 Å². The predicted octanol–water partition coefficient (Wildman–Crippen LogP) is 5.80. The zero-order valence-corrected chi connectivity index (χ0v) is 12.4. The van der Waals surface area contributed by atoms with Crippen molar-refractivity contribution in [2.75, 3.05) is 0 Å². The van der Waals surface area contributed by atoms with Gasteiger partial charge in [0.1, 0.15) is 0 Å². The molecule has 0 fully saturated rings. The van der Waals surface area contributed by atoms with Crippen LogP contribution in [0.15, 0.2) is 34.1 Å². The van der Waals surface area contributed by atoms with Gasteiger partial charge < -0.3 is 0 Å². The summed E-state index contributed by atoms with van der Waals surface area (Å²) in [6.07, 6.45) is 0. The average Bonchev–Trinajstić information content (AvgIpc) is 2.68. The van der Waals surface area contributed by atoms with E-state index in [-0.39, 0.29) is 5.38 Å². The smallest absolute Gasteiger partial charge is 0.0942 e. The zero-order chi connectivity index (χ0) is 11.7. The fourth-order valence-electron chi connectivity index (χ4n) is 1.53. The minimum Gasteiger partial charge on any atom is -0.146 e. The first kappa shape index (κ1) is 12.4. The quantitative estimate of drug-likeness (QED) is 0.608. The van der Waals surface area contributed by atoms with Gasteiger partial charge in [0, 0.05) is 14.4 Å². The number of thiophene rings is 1. The van der Waals surface area contributed by atoms with Gasteiger partial charge in [0.25, 0.3) is 0 Å². The van der Waals surface area contributed by atoms with Gasteiger partial charge in [-0.2, -0.15) is 0 Å². The first-order chi connectivity index (χ1) is 7.61. The van der Waals surface area contributed by atoms with Crippen LogP contribution in [0.25, 0.3) is 0 Å². The van der Waals surface area contributed by atoms with Crippen LogP contribution in [0.2, 0.25) is 5.02 Å². The third kappa shape index (κ3) is 2.30. The molecule has 0 N–H and O–H groups in total. The second-order valence-electron chi connectivity index (χ2n) is 3.45. The Labute approximate surface area is 117 Å². The van der Waals surface area contributed by atoms with E-state index in [1.165, 1.54) is 0 Å². The average molecular weight is 336 g/mol. The molecular weight excluding hydrogens is 327 g/mol. The van der Waals surface area contributed by atoms with E-state index < -0.39 is 0 Å². The second kappa shape index (κ2) is 5.09. The van der Waals surface area contributed by atoms with Crippen LogP contribution < -0.4 is 0 Å². The maximum absolute atomic E-state index is 6.48. The summed E-state index contributed by atoms with van der Waals surface area (Å²) >= 11 is 17.7. The van der Waals surface area contributed by atoms with Gasteiger partial charge in [0.15, 0.2) is 0 Å². The van der Waals surface area contributed by atoms with Gasteiger partial charge in [-0.25, -0.2) is 0 Å². The van der Waals surface area contributed by atoms with Gasteiger partial charge in [0.05, 0.1) is 5.38 Å².